The third-order valence-electron chi connectivity index (χ3n) is 4.92. The monoisotopic (exact) mass is 380 g/mol. The molecule has 0 saturated heterocycles. The van der Waals surface area contributed by atoms with Crippen molar-refractivity contribution in [3.63, 3.8) is 0 Å². The molecule has 0 heterocycles. The number of aryl methyl sites for hydroxylation is 1. The van der Waals surface area contributed by atoms with Gasteiger partial charge in [0, 0.05) is 13.0 Å². The Morgan fingerprint density at radius 2 is 1.59 bits per heavy atom. The van der Waals surface area contributed by atoms with Gasteiger partial charge in [0.25, 0.3) is 0 Å². The highest BCUT2D eigenvalue weighted by molar-refractivity contribution is 5.27. The summed E-state index contributed by atoms with van der Waals surface area (Å²) in [5.74, 6) is 0.888. The van der Waals surface area contributed by atoms with E-state index in [9.17, 15) is 0 Å². The van der Waals surface area contributed by atoms with Gasteiger partial charge < -0.3 is 9.47 Å². The average Bonchev–Trinajstić information content (AvgIpc) is 2.70. The van der Waals surface area contributed by atoms with Crippen molar-refractivity contribution in [2.45, 2.75) is 97.2 Å². The van der Waals surface area contributed by atoms with Gasteiger partial charge >= 0.3 is 0 Å². The summed E-state index contributed by atoms with van der Waals surface area (Å²) in [7, 11) is 0. The molecule has 0 amide bonds. The highest BCUT2D eigenvalue weighted by atomic mass is 17.1. The summed E-state index contributed by atoms with van der Waals surface area (Å²) in [5, 5.41) is 8.70. The predicted octanol–water partition coefficient (Wildman–Crippen LogP) is 6.42. The van der Waals surface area contributed by atoms with Gasteiger partial charge in [0.2, 0.25) is 0 Å². The number of unbranched alkanes of at least 4 members (excludes halogenated alkanes) is 6. The molecule has 0 aliphatic heterocycles. The molecule has 156 valence electrons. The standard InChI is InChI=1S/C23H40O4/c1-4-6-7-8-9-10-11-12-21-13-15-23(16-14-21)26-19-20(3)25-18-17-22(5-2)27-24/h13-16,20,22,24H,4-12,17-19H2,1-3H3. The Morgan fingerprint density at radius 1 is 0.926 bits per heavy atom. The molecule has 4 nitrogen and oxygen atoms in total. The van der Waals surface area contributed by atoms with E-state index < -0.39 is 0 Å². The molecule has 0 aromatic heterocycles. The predicted molar refractivity (Wildman–Crippen MR) is 111 cm³/mol. The first kappa shape index (κ1) is 23.9. The molecule has 0 saturated carbocycles. The molecule has 2 atom stereocenters. The normalized spacial score (nSPS) is 13.5. The summed E-state index contributed by atoms with van der Waals surface area (Å²) < 4.78 is 11.5. The largest absolute Gasteiger partial charge is 0.491 e. The lowest BCUT2D eigenvalue weighted by Crippen LogP contribution is -2.21. The van der Waals surface area contributed by atoms with Crippen molar-refractivity contribution in [2.75, 3.05) is 13.2 Å². The van der Waals surface area contributed by atoms with Crippen LogP contribution in [-0.4, -0.2) is 30.7 Å². The minimum Gasteiger partial charge on any atom is -0.491 e. The van der Waals surface area contributed by atoms with E-state index in [1.807, 2.05) is 13.8 Å². The molecule has 0 spiro atoms. The number of hydrogen-bond donors (Lipinski definition) is 1. The second kappa shape index (κ2) is 15.9. The lowest BCUT2D eigenvalue weighted by Gasteiger charge is -2.16. The molecule has 1 rings (SSSR count). The van der Waals surface area contributed by atoms with Crippen molar-refractivity contribution in [2.24, 2.45) is 0 Å². The third kappa shape index (κ3) is 12.1. The van der Waals surface area contributed by atoms with Crippen LogP contribution in [-0.2, 0) is 16.0 Å². The van der Waals surface area contributed by atoms with Crippen molar-refractivity contribution in [1.82, 2.24) is 0 Å². The average molecular weight is 381 g/mol. The highest BCUT2D eigenvalue weighted by Gasteiger charge is 2.08. The Bertz CT molecular complexity index is 442. The van der Waals surface area contributed by atoms with Crippen molar-refractivity contribution >= 4 is 0 Å². The Balaban J connectivity index is 2.13. The number of hydrogen-bond acceptors (Lipinski definition) is 4. The lowest BCUT2D eigenvalue weighted by molar-refractivity contribution is -0.282. The van der Waals surface area contributed by atoms with Gasteiger partial charge in [-0.2, -0.15) is 0 Å². The van der Waals surface area contributed by atoms with Crippen LogP contribution in [0.2, 0.25) is 0 Å². The van der Waals surface area contributed by atoms with Crippen molar-refractivity contribution in [3.8, 4) is 5.75 Å². The Kier molecular flexibility index (Phi) is 14.1. The zero-order valence-corrected chi connectivity index (χ0v) is 17.6. The highest BCUT2D eigenvalue weighted by Crippen LogP contribution is 2.16. The van der Waals surface area contributed by atoms with Gasteiger partial charge in [0.15, 0.2) is 0 Å². The maximum absolute atomic E-state index is 8.70. The third-order valence-corrected chi connectivity index (χ3v) is 4.92. The lowest BCUT2D eigenvalue weighted by atomic mass is 10.0. The Labute approximate surface area is 166 Å². The van der Waals surface area contributed by atoms with Gasteiger partial charge in [-0.05, 0) is 43.9 Å². The molecule has 0 bridgehead atoms. The second-order valence-corrected chi connectivity index (χ2v) is 7.43. The minimum absolute atomic E-state index is 0.00795. The van der Waals surface area contributed by atoms with Crippen LogP contribution in [0.4, 0.5) is 0 Å². The van der Waals surface area contributed by atoms with E-state index in [1.54, 1.807) is 0 Å². The van der Waals surface area contributed by atoms with Gasteiger partial charge in [-0.1, -0.05) is 64.5 Å². The van der Waals surface area contributed by atoms with Crippen LogP contribution in [0.15, 0.2) is 24.3 Å². The molecule has 27 heavy (non-hydrogen) atoms. The maximum atomic E-state index is 8.70. The molecule has 0 aliphatic rings. The quantitative estimate of drug-likeness (QED) is 0.192. The van der Waals surface area contributed by atoms with Crippen LogP contribution < -0.4 is 4.74 Å². The molecule has 0 aliphatic carbocycles. The summed E-state index contributed by atoms with van der Waals surface area (Å²) in [6.07, 6.45) is 11.9. The molecular formula is C23H40O4. The first-order valence-electron chi connectivity index (χ1n) is 10.8. The van der Waals surface area contributed by atoms with Crippen molar-refractivity contribution in [1.29, 1.82) is 0 Å². The number of ether oxygens (including phenoxy) is 2. The summed E-state index contributed by atoms with van der Waals surface area (Å²) in [6.45, 7) is 7.31. The second-order valence-electron chi connectivity index (χ2n) is 7.43. The molecule has 0 fully saturated rings. The molecule has 1 aromatic carbocycles. The molecule has 1 aromatic rings. The minimum atomic E-state index is -0.151. The van der Waals surface area contributed by atoms with E-state index in [1.165, 1.54) is 50.5 Å². The summed E-state index contributed by atoms with van der Waals surface area (Å²) in [4.78, 5) is 4.37. The molecular weight excluding hydrogens is 340 g/mol. The molecule has 0 radical (unpaired) electrons. The first-order chi connectivity index (χ1) is 13.2. The van der Waals surface area contributed by atoms with Crippen LogP contribution in [0.5, 0.6) is 5.75 Å². The SMILES string of the molecule is CCCCCCCCCc1ccc(OCC(C)OCCC(CC)OO)cc1. The molecule has 1 N–H and O–H groups in total. The number of rotatable bonds is 17. The summed E-state index contributed by atoms with van der Waals surface area (Å²) in [5.41, 5.74) is 1.38. The first-order valence-corrected chi connectivity index (χ1v) is 10.8. The maximum Gasteiger partial charge on any atom is 0.119 e. The summed E-state index contributed by atoms with van der Waals surface area (Å²) >= 11 is 0. The van der Waals surface area contributed by atoms with E-state index in [-0.39, 0.29) is 12.2 Å². The fraction of sp³-hybridized carbons (Fsp3) is 0.739. The zero-order chi connectivity index (χ0) is 19.7. The van der Waals surface area contributed by atoms with E-state index >= 15 is 0 Å². The van der Waals surface area contributed by atoms with Crippen molar-refractivity contribution in [3.05, 3.63) is 29.8 Å². The molecule has 2 unspecified atom stereocenters. The van der Waals surface area contributed by atoms with Crippen LogP contribution in [0.1, 0.15) is 84.1 Å². The van der Waals surface area contributed by atoms with Crippen LogP contribution in [0.25, 0.3) is 0 Å². The van der Waals surface area contributed by atoms with E-state index in [0.29, 0.717) is 19.6 Å². The van der Waals surface area contributed by atoms with Crippen LogP contribution in [0, 0.1) is 0 Å². The Morgan fingerprint density at radius 3 is 2.22 bits per heavy atom. The van der Waals surface area contributed by atoms with Crippen LogP contribution >= 0.6 is 0 Å². The topological polar surface area (TPSA) is 47.9 Å². The van der Waals surface area contributed by atoms with Gasteiger partial charge in [0.1, 0.15) is 12.4 Å². The van der Waals surface area contributed by atoms with E-state index in [0.717, 1.165) is 18.6 Å². The van der Waals surface area contributed by atoms with E-state index in [4.69, 9.17) is 14.7 Å². The smallest absolute Gasteiger partial charge is 0.119 e. The van der Waals surface area contributed by atoms with Gasteiger partial charge in [-0.3, -0.25) is 5.26 Å². The van der Waals surface area contributed by atoms with Gasteiger partial charge in [-0.25, -0.2) is 4.89 Å². The number of benzene rings is 1. The van der Waals surface area contributed by atoms with E-state index in [2.05, 4.69) is 36.1 Å². The van der Waals surface area contributed by atoms with Gasteiger partial charge in [-0.15, -0.1) is 0 Å². The fourth-order valence-electron chi connectivity index (χ4n) is 3.03. The zero-order valence-electron chi connectivity index (χ0n) is 17.6. The van der Waals surface area contributed by atoms with Gasteiger partial charge in [0.05, 0.1) is 12.2 Å². The van der Waals surface area contributed by atoms with Crippen molar-refractivity contribution < 1.29 is 19.6 Å². The Hall–Kier alpha value is -1.10. The summed E-state index contributed by atoms with van der Waals surface area (Å²) in [6, 6.07) is 8.44. The fourth-order valence-corrected chi connectivity index (χ4v) is 3.03. The van der Waals surface area contributed by atoms with Crippen LogP contribution in [0.3, 0.4) is 0 Å². The molecule has 4 heteroatoms.